The smallest absolute Gasteiger partial charge is 0.262 e. The Kier molecular flexibility index (Phi) is 6.14. The zero-order valence-corrected chi connectivity index (χ0v) is 19.2. The minimum Gasteiger partial charge on any atom is -0.494 e. The van der Waals surface area contributed by atoms with Gasteiger partial charge in [0.25, 0.3) is 11.5 Å². The molecule has 0 saturated carbocycles. The molecule has 0 atom stereocenters. The van der Waals surface area contributed by atoms with Crippen LogP contribution in [0.1, 0.15) is 17.0 Å². The zero-order valence-electron chi connectivity index (χ0n) is 18.4. The average Bonchev–Trinajstić information content (AvgIpc) is 2.80. The molecule has 4 aromatic rings. The SMILES string of the molecule is Cc1nnc(-n2c(O)cc(=O)n(-c3ccccc3)c2=S)nc1/C=C/c1ccc(N(C)C)cc1. The second-order valence-electron chi connectivity index (χ2n) is 7.53. The molecule has 166 valence electrons. The summed E-state index contributed by atoms with van der Waals surface area (Å²) in [4.78, 5) is 19.1. The zero-order chi connectivity index (χ0) is 23.5. The molecular formula is C24H22N6O2S. The van der Waals surface area contributed by atoms with Crippen LogP contribution in [0, 0.1) is 11.7 Å². The van der Waals surface area contributed by atoms with Gasteiger partial charge in [0.05, 0.1) is 23.1 Å². The van der Waals surface area contributed by atoms with E-state index in [1.165, 1.54) is 9.13 Å². The van der Waals surface area contributed by atoms with E-state index in [0.29, 0.717) is 17.1 Å². The van der Waals surface area contributed by atoms with Crippen LogP contribution in [0.5, 0.6) is 5.88 Å². The standard InChI is InChI=1S/C24H22N6O2S/c1-16-20(14-11-17-9-12-18(13-10-17)28(2)3)25-23(27-26-16)30-22(32)15-21(31)29(24(30)33)19-7-5-4-6-8-19/h4-15,32H,1-3H3/b14-11+. The quantitative estimate of drug-likeness (QED) is 0.455. The molecule has 0 aliphatic heterocycles. The monoisotopic (exact) mass is 458 g/mol. The highest BCUT2D eigenvalue weighted by atomic mass is 32.1. The highest BCUT2D eigenvalue weighted by Gasteiger charge is 2.15. The fourth-order valence-electron chi connectivity index (χ4n) is 3.23. The van der Waals surface area contributed by atoms with Crippen LogP contribution in [0.2, 0.25) is 0 Å². The topological polar surface area (TPSA) is 89.1 Å². The maximum absolute atomic E-state index is 12.5. The van der Waals surface area contributed by atoms with Crippen LogP contribution in [0.15, 0.2) is 65.5 Å². The molecule has 1 N–H and O–H groups in total. The molecule has 0 spiro atoms. The van der Waals surface area contributed by atoms with E-state index in [4.69, 9.17) is 12.2 Å². The van der Waals surface area contributed by atoms with Crippen molar-refractivity contribution in [1.82, 2.24) is 24.3 Å². The molecule has 2 aromatic heterocycles. The number of anilines is 1. The van der Waals surface area contributed by atoms with E-state index in [1.807, 2.05) is 61.5 Å². The molecule has 0 saturated heterocycles. The Morgan fingerprint density at radius 2 is 1.67 bits per heavy atom. The lowest BCUT2D eigenvalue weighted by Gasteiger charge is -2.13. The largest absolute Gasteiger partial charge is 0.494 e. The Labute approximate surface area is 195 Å². The van der Waals surface area contributed by atoms with Gasteiger partial charge in [-0.1, -0.05) is 36.4 Å². The van der Waals surface area contributed by atoms with Gasteiger partial charge < -0.3 is 10.0 Å². The number of aromatic hydroxyl groups is 1. The second kappa shape index (κ2) is 9.17. The van der Waals surface area contributed by atoms with Crippen molar-refractivity contribution in [3.63, 3.8) is 0 Å². The molecule has 9 heteroatoms. The van der Waals surface area contributed by atoms with Crippen molar-refractivity contribution in [3.8, 4) is 17.5 Å². The van der Waals surface area contributed by atoms with E-state index in [9.17, 15) is 9.90 Å². The van der Waals surface area contributed by atoms with Crippen molar-refractivity contribution in [2.45, 2.75) is 6.92 Å². The van der Waals surface area contributed by atoms with E-state index in [0.717, 1.165) is 17.3 Å². The summed E-state index contributed by atoms with van der Waals surface area (Å²) < 4.78 is 2.56. The van der Waals surface area contributed by atoms with Gasteiger partial charge in [0, 0.05) is 19.8 Å². The van der Waals surface area contributed by atoms with Crippen LogP contribution in [0.25, 0.3) is 23.8 Å². The molecule has 2 heterocycles. The number of rotatable bonds is 5. The fraction of sp³-hybridized carbons (Fsp3) is 0.125. The van der Waals surface area contributed by atoms with Gasteiger partial charge >= 0.3 is 0 Å². The number of aromatic nitrogens is 5. The number of hydrogen-bond donors (Lipinski definition) is 1. The van der Waals surface area contributed by atoms with Gasteiger partial charge in [-0.25, -0.2) is 9.55 Å². The first-order valence-electron chi connectivity index (χ1n) is 10.2. The molecule has 0 bridgehead atoms. The first-order valence-corrected chi connectivity index (χ1v) is 10.6. The summed E-state index contributed by atoms with van der Waals surface area (Å²) in [5, 5.41) is 18.8. The van der Waals surface area contributed by atoms with Crippen molar-refractivity contribution in [1.29, 1.82) is 0 Å². The lowest BCUT2D eigenvalue weighted by molar-refractivity contribution is 0.427. The summed E-state index contributed by atoms with van der Waals surface area (Å²) in [5.41, 5.74) is 3.40. The van der Waals surface area contributed by atoms with Crippen molar-refractivity contribution in [2.75, 3.05) is 19.0 Å². The van der Waals surface area contributed by atoms with E-state index in [2.05, 4.69) is 15.2 Å². The summed E-state index contributed by atoms with van der Waals surface area (Å²) in [6.07, 6.45) is 3.75. The van der Waals surface area contributed by atoms with Crippen molar-refractivity contribution in [3.05, 3.63) is 92.7 Å². The van der Waals surface area contributed by atoms with Crippen LogP contribution in [-0.4, -0.2) is 43.5 Å². The molecule has 2 aromatic carbocycles. The van der Waals surface area contributed by atoms with Crippen molar-refractivity contribution >= 4 is 30.1 Å². The molecule has 0 fully saturated rings. The number of nitrogens with zero attached hydrogens (tertiary/aromatic N) is 6. The van der Waals surface area contributed by atoms with Crippen LogP contribution in [0.4, 0.5) is 5.69 Å². The average molecular weight is 459 g/mol. The van der Waals surface area contributed by atoms with Crippen molar-refractivity contribution < 1.29 is 5.11 Å². The molecule has 4 rings (SSSR count). The molecule has 0 aliphatic carbocycles. The summed E-state index contributed by atoms with van der Waals surface area (Å²) in [7, 11) is 3.98. The molecule has 33 heavy (non-hydrogen) atoms. The maximum atomic E-state index is 12.5. The summed E-state index contributed by atoms with van der Waals surface area (Å²) >= 11 is 5.52. The molecular weight excluding hydrogens is 436 g/mol. The van der Waals surface area contributed by atoms with Gasteiger partial charge in [-0.05, 0) is 55.0 Å². The van der Waals surface area contributed by atoms with Crippen LogP contribution < -0.4 is 10.5 Å². The molecule has 8 nitrogen and oxygen atoms in total. The van der Waals surface area contributed by atoms with Crippen molar-refractivity contribution in [2.24, 2.45) is 0 Å². The van der Waals surface area contributed by atoms with E-state index < -0.39 is 5.56 Å². The highest BCUT2D eigenvalue weighted by molar-refractivity contribution is 7.71. The van der Waals surface area contributed by atoms with Gasteiger partial charge in [0.1, 0.15) is 0 Å². The highest BCUT2D eigenvalue weighted by Crippen LogP contribution is 2.18. The van der Waals surface area contributed by atoms with Gasteiger partial charge in [-0.2, -0.15) is 0 Å². The Balaban J connectivity index is 1.76. The van der Waals surface area contributed by atoms with E-state index >= 15 is 0 Å². The lowest BCUT2D eigenvalue weighted by atomic mass is 10.1. The molecule has 0 radical (unpaired) electrons. The van der Waals surface area contributed by atoms with Crippen LogP contribution in [-0.2, 0) is 0 Å². The number of para-hydroxylation sites is 1. The maximum Gasteiger partial charge on any atom is 0.262 e. The van der Waals surface area contributed by atoms with Crippen LogP contribution >= 0.6 is 12.2 Å². The Bertz CT molecular complexity index is 1440. The predicted octanol–water partition coefficient (Wildman–Crippen LogP) is 3.79. The van der Waals surface area contributed by atoms with Crippen LogP contribution in [0.3, 0.4) is 0 Å². The summed E-state index contributed by atoms with van der Waals surface area (Å²) in [6, 6.07) is 18.1. The number of aryl methyl sites for hydroxylation is 1. The predicted molar refractivity (Wildman–Crippen MR) is 132 cm³/mol. The lowest BCUT2D eigenvalue weighted by Crippen LogP contribution is -2.23. The second-order valence-corrected chi connectivity index (χ2v) is 7.90. The fourth-order valence-corrected chi connectivity index (χ4v) is 3.60. The minimum atomic E-state index is -0.457. The van der Waals surface area contributed by atoms with E-state index in [1.54, 1.807) is 31.2 Å². The molecule has 0 amide bonds. The summed E-state index contributed by atoms with van der Waals surface area (Å²) in [5.74, 6) is -0.299. The first-order chi connectivity index (χ1) is 15.8. The third-order valence-electron chi connectivity index (χ3n) is 5.02. The minimum absolute atomic E-state index is 0.0334. The molecule has 0 aliphatic rings. The van der Waals surface area contributed by atoms with Gasteiger partial charge in [-0.3, -0.25) is 9.36 Å². The summed E-state index contributed by atoms with van der Waals surface area (Å²) in [6.45, 7) is 1.79. The number of benzene rings is 2. The first kappa shape index (κ1) is 22.1. The number of hydrogen-bond acceptors (Lipinski definition) is 7. The Morgan fingerprint density at radius 3 is 2.33 bits per heavy atom. The van der Waals surface area contributed by atoms with Gasteiger partial charge in [-0.15, -0.1) is 10.2 Å². The van der Waals surface area contributed by atoms with Gasteiger partial charge in [0.15, 0.2) is 4.77 Å². The normalized spacial score (nSPS) is 11.1. The third kappa shape index (κ3) is 4.58. The Morgan fingerprint density at radius 1 is 0.970 bits per heavy atom. The Hall–Kier alpha value is -4.11. The van der Waals surface area contributed by atoms with E-state index in [-0.39, 0.29) is 16.6 Å². The third-order valence-corrected chi connectivity index (χ3v) is 5.39. The van der Waals surface area contributed by atoms with Gasteiger partial charge in [0.2, 0.25) is 5.88 Å². The molecule has 0 unspecified atom stereocenters.